The molecule has 8 heteroatoms. The summed E-state index contributed by atoms with van der Waals surface area (Å²) in [4.78, 5) is 15.4. The summed E-state index contributed by atoms with van der Waals surface area (Å²) in [5.41, 5.74) is 5.31. The third kappa shape index (κ3) is 3.30. The van der Waals surface area contributed by atoms with E-state index in [0.717, 1.165) is 0 Å². The van der Waals surface area contributed by atoms with E-state index in [2.05, 4.69) is 15.5 Å². The molecule has 0 radical (unpaired) electrons. The molecule has 0 aliphatic carbocycles. The largest absolute Gasteiger partial charge is 0.459 e. The third-order valence-corrected chi connectivity index (χ3v) is 1.84. The summed E-state index contributed by atoms with van der Waals surface area (Å²) < 4.78 is 9.75. The van der Waals surface area contributed by atoms with Gasteiger partial charge in [-0.25, -0.2) is 0 Å². The fourth-order valence-electron chi connectivity index (χ4n) is 1.10. The Morgan fingerprint density at radius 1 is 1.53 bits per heavy atom. The first kappa shape index (κ1) is 13.2. The zero-order valence-corrected chi connectivity index (χ0v) is 9.57. The van der Waals surface area contributed by atoms with Crippen LogP contribution in [-0.2, 0) is 13.1 Å². The molecule has 0 fully saturated rings. The lowest BCUT2D eigenvalue weighted by molar-refractivity contribution is 0.0918. The number of nitrogens with two attached hydrogens (primary N) is 1. The van der Waals surface area contributed by atoms with Gasteiger partial charge in [0, 0.05) is 0 Å². The molecule has 2 heterocycles. The van der Waals surface area contributed by atoms with E-state index >= 15 is 0 Å². The number of hydrogen-bond donors (Lipinski definition) is 2. The van der Waals surface area contributed by atoms with Crippen LogP contribution in [0.2, 0.25) is 0 Å². The van der Waals surface area contributed by atoms with Crippen LogP contribution in [0.25, 0.3) is 0 Å². The number of nitrogens with one attached hydrogen (secondary N) is 1. The Hall–Kier alpha value is -1.86. The predicted octanol–water partition coefficient (Wildman–Crippen LogP) is 0.473. The van der Waals surface area contributed by atoms with Gasteiger partial charge in [-0.1, -0.05) is 5.16 Å². The SMILES string of the molecule is Cl.NCc1noc(CNC(=O)c2ccco2)n1. The van der Waals surface area contributed by atoms with Gasteiger partial charge in [-0.15, -0.1) is 12.4 Å². The van der Waals surface area contributed by atoms with Gasteiger partial charge in [0.2, 0.25) is 5.89 Å². The molecule has 1 amide bonds. The van der Waals surface area contributed by atoms with E-state index in [1.165, 1.54) is 6.26 Å². The number of hydrogen-bond acceptors (Lipinski definition) is 6. The maximum Gasteiger partial charge on any atom is 0.287 e. The van der Waals surface area contributed by atoms with Crippen molar-refractivity contribution in [2.75, 3.05) is 0 Å². The molecule has 0 saturated carbocycles. The number of halogens is 1. The first-order valence-corrected chi connectivity index (χ1v) is 4.63. The van der Waals surface area contributed by atoms with Crippen molar-refractivity contribution >= 4 is 18.3 Å². The second-order valence-electron chi connectivity index (χ2n) is 2.97. The van der Waals surface area contributed by atoms with Crippen molar-refractivity contribution in [2.45, 2.75) is 13.1 Å². The third-order valence-electron chi connectivity index (χ3n) is 1.84. The highest BCUT2D eigenvalue weighted by molar-refractivity contribution is 5.91. The molecule has 0 atom stereocenters. The summed E-state index contributed by atoms with van der Waals surface area (Å²) in [6, 6.07) is 3.20. The van der Waals surface area contributed by atoms with Crippen LogP contribution in [0.5, 0.6) is 0 Å². The molecule has 0 unspecified atom stereocenters. The molecule has 0 aliphatic heterocycles. The highest BCUT2D eigenvalue weighted by Gasteiger charge is 2.10. The molecular formula is C9H11ClN4O3. The summed E-state index contributed by atoms with van der Waals surface area (Å²) >= 11 is 0. The average Bonchev–Trinajstić information content (AvgIpc) is 2.96. The van der Waals surface area contributed by atoms with E-state index in [1.807, 2.05) is 0 Å². The predicted molar refractivity (Wildman–Crippen MR) is 59.3 cm³/mol. The Bertz CT molecular complexity index is 468. The van der Waals surface area contributed by atoms with Crippen LogP contribution in [0.3, 0.4) is 0 Å². The Kier molecular flexibility index (Phi) is 4.68. The maximum absolute atomic E-state index is 11.4. The molecule has 2 aromatic rings. The zero-order chi connectivity index (χ0) is 11.4. The Morgan fingerprint density at radius 2 is 2.35 bits per heavy atom. The molecule has 0 aromatic carbocycles. The Balaban J connectivity index is 0.00000144. The van der Waals surface area contributed by atoms with E-state index in [4.69, 9.17) is 14.7 Å². The molecule has 0 spiro atoms. The van der Waals surface area contributed by atoms with E-state index in [1.54, 1.807) is 12.1 Å². The lowest BCUT2D eigenvalue weighted by Gasteiger charge is -1.97. The highest BCUT2D eigenvalue weighted by Crippen LogP contribution is 2.01. The maximum atomic E-state index is 11.4. The van der Waals surface area contributed by atoms with Gasteiger partial charge in [-0.05, 0) is 12.1 Å². The number of aromatic nitrogens is 2. The van der Waals surface area contributed by atoms with E-state index < -0.39 is 0 Å². The van der Waals surface area contributed by atoms with E-state index in [-0.39, 0.29) is 37.2 Å². The molecule has 2 aromatic heterocycles. The number of carbonyl (C=O) groups is 1. The van der Waals surface area contributed by atoms with Crippen LogP contribution in [0.15, 0.2) is 27.3 Å². The smallest absolute Gasteiger partial charge is 0.287 e. The average molecular weight is 259 g/mol. The minimum Gasteiger partial charge on any atom is -0.459 e. The molecule has 92 valence electrons. The summed E-state index contributed by atoms with van der Waals surface area (Å²) in [6.45, 7) is 0.349. The minimum atomic E-state index is -0.336. The standard InChI is InChI=1S/C9H10N4O3.ClH/c10-4-7-12-8(16-13-7)5-11-9(14)6-2-1-3-15-6;/h1-3H,4-5,10H2,(H,11,14);1H. The van der Waals surface area contributed by atoms with Gasteiger partial charge in [0.15, 0.2) is 11.6 Å². The van der Waals surface area contributed by atoms with Gasteiger partial charge >= 0.3 is 0 Å². The van der Waals surface area contributed by atoms with Crippen molar-refractivity contribution in [2.24, 2.45) is 5.73 Å². The fourth-order valence-corrected chi connectivity index (χ4v) is 1.10. The molecule has 0 aliphatic rings. The fraction of sp³-hybridized carbons (Fsp3) is 0.222. The quantitative estimate of drug-likeness (QED) is 0.826. The van der Waals surface area contributed by atoms with E-state index in [0.29, 0.717) is 11.7 Å². The van der Waals surface area contributed by atoms with Crippen LogP contribution < -0.4 is 11.1 Å². The van der Waals surface area contributed by atoms with E-state index in [9.17, 15) is 4.79 Å². The van der Waals surface area contributed by atoms with Crippen molar-refractivity contribution in [3.8, 4) is 0 Å². The van der Waals surface area contributed by atoms with Crippen LogP contribution in [0.1, 0.15) is 22.3 Å². The minimum absolute atomic E-state index is 0. The number of amides is 1. The first-order valence-electron chi connectivity index (χ1n) is 4.63. The van der Waals surface area contributed by atoms with Crippen LogP contribution in [0, 0.1) is 0 Å². The number of nitrogens with zero attached hydrogens (tertiary/aromatic N) is 2. The monoisotopic (exact) mass is 258 g/mol. The lowest BCUT2D eigenvalue weighted by Crippen LogP contribution is -2.22. The number of furan rings is 1. The summed E-state index contributed by atoms with van der Waals surface area (Å²) in [5.74, 6) is 0.610. The Labute approximate surface area is 103 Å². The molecule has 7 nitrogen and oxygen atoms in total. The molecule has 0 saturated heterocycles. The lowest BCUT2D eigenvalue weighted by atomic mass is 10.4. The van der Waals surface area contributed by atoms with Gasteiger partial charge in [-0.3, -0.25) is 4.79 Å². The van der Waals surface area contributed by atoms with Crippen molar-refractivity contribution in [1.82, 2.24) is 15.5 Å². The highest BCUT2D eigenvalue weighted by atomic mass is 35.5. The summed E-state index contributed by atoms with van der Waals surface area (Å²) in [5, 5.41) is 6.16. The van der Waals surface area contributed by atoms with Gasteiger partial charge in [0.1, 0.15) is 0 Å². The molecule has 0 bridgehead atoms. The van der Waals surface area contributed by atoms with Gasteiger partial charge in [0.05, 0.1) is 19.4 Å². The van der Waals surface area contributed by atoms with Crippen molar-refractivity contribution < 1.29 is 13.7 Å². The van der Waals surface area contributed by atoms with Crippen molar-refractivity contribution in [1.29, 1.82) is 0 Å². The van der Waals surface area contributed by atoms with Crippen LogP contribution in [0.4, 0.5) is 0 Å². The van der Waals surface area contributed by atoms with Gasteiger partial charge < -0.3 is 20.0 Å². The van der Waals surface area contributed by atoms with Crippen LogP contribution in [-0.4, -0.2) is 16.0 Å². The molecule has 17 heavy (non-hydrogen) atoms. The zero-order valence-electron chi connectivity index (χ0n) is 8.75. The van der Waals surface area contributed by atoms with Crippen molar-refractivity contribution in [3.05, 3.63) is 35.9 Å². The Morgan fingerprint density at radius 3 is 2.94 bits per heavy atom. The van der Waals surface area contributed by atoms with Crippen LogP contribution >= 0.6 is 12.4 Å². The normalized spacial score (nSPS) is 9.71. The second kappa shape index (κ2) is 6.02. The molecule has 2 rings (SSSR count). The molecular weight excluding hydrogens is 248 g/mol. The second-order valence-corrected chi connectivity index (χ2v) is 2.97. The number of carbonyl (C=O) groups excluding carboxylic acids is 1. The number of rotatable bonds is 4. The van der Waals surface area contributed by atoms with Gasteiger partial charge in [-0.2, -0.15) is 4.98 Å². The molecule has 3 N–H and O–H groups in total. The van der Waals surface area contributed by atoms with Crippen molar-refractivity contribution in [3.63, 3.8) is 0 Å². The summed E-state index contributed by atoms with van der Waals surface area (Å²) in [6.07, 6.45) is 1.42. The summed E-state index contributed by atoms with van der Waals surface area (Å²) in [7, 11) is 0. The first-order chi connectivity index (χ1) is 7.79. The topological polar surface area (TPSA) is 107 Å². The van der Waals surface area contributed by atoms with Gasteiger partial charge in [0.25, 0.3) is 5.91 Å².